The summed E-state index contributed by atoms with van der Waals surface area (Å²) in [6.45, 7) is 2.47. The number of aromatic carboxylic acids is 1. The Labute approximate surface area is 128 Å². The Hall–Kier alpha value is -1.69. The second-order valence-corrected chi connectivity index (χ2v) is 6.66. The largest absolute Gasteiger partial charge is 0.478 e. The number of anilines is 1. The Balaban J connectivity index is 1.96. The van der Waals surface area contributed by atoms with Gasteiger partial charge in [0.1, 0.15) is 0 Å². The highest BCUT2D eigenvalue weighted by Crippen LogP contribution is 2.42. The minimum Gasteiger partial charge on any atom is -0.478 e. The van der Waals surface area contributed by atoms with Crippen LogP contribution in [0, 0.1) is 6.92 Å². The molecular weight excluding hydrogens is 288 g/mol. The molecule has 0 unspecified atom stereocenters. The molecule has 1 fully saturated rings. The van der Waals surface area contributed by atoms with Crippen molar-refractivity contribution in [2.75, 3.05) is 18.1 Å². The van der Waals surface area contributed by atoms with Gasteiger partial charge in [-0.25, -0.2) is 9.59 Å². The quantitative estimate of drug-likeness (QED) is 0.781. The van der Waals surface area contributed by atoms with Gasteiger partial charge in [0.2, 0.25) is 0 Å². The summed E-state index contributed by atoms with van der Waals surface area (Å²) in [7, 11) is 0. The Morgan fingerprint density at radius 3 is 2.62 bits per heavy atom. The fraction of sp³-hybridized carbons (Fsp3) is 0.467. The average molecular weight is 308 g/mol. The lowest BCUT2D eigenvalue weighted by atomic mass is 9.84. The number of hydrogen-bond acceptors (Lipinski definition) is 3. The van der Waals surface area contributed by atoms with E-state index in [-0.39, 0.29) is 16.3 Å². The van der Waals surface area contributed by atoms with Crippen molar-refractivity contribution in [2.45, 2.75) is 30.9 Å². The molecule has 1 aromatic carbocycles. The maximum atomic E-state index is 12.0. The second kappa shape index (κ2) is 6.39. The molecule has 0 atom stereocenters. The van der Waals surface area contributed by atoms with Crippen LogP contribution < -0.4 is 10.6 Å². The fourth-order valence-corrected chi connectivity index (χ4v) is 3.24. The summed E-state index contributed by atoms with van der Waals surface area (Å²) in [6, 6.07) is 4.40. The van der Waals surface area contributed by atoms with Gasteiger partial charge in [-0.15, -0.1) is 0 Å². The van der Waals surface area contributed by atoms with Crippen LogP contribution in [0.15, 0.2) is 18.2 Å². The average Bonchev–Trinajstić information content (AvgIpc) is 2.40. The molecule has 6 heteroatoms. The Morgan fingerprint density at radius 2 is 2.10 bits per heavy atom. The first kappa shape index (κ1) is 15.7. The molecule has 3 N–H and O–H groups in total. The number of benzene rings is 1. The van der Waals surface area contributed by atoms with Gasteiger partial charge in [0, 0.05) is 17.0 Å². The van der Waals surface area contributed by atoms with Gasteiger partial charge in [-0.2, -0.15) is 11.8 Å². The van der Waals surface area contributed by atoms with Crippen LogP contribution in [0.1, 0.15) is 35.2 Å². The summed E-state index contributed by atoms with van der Waals surface area (Å²) in [5.74, 6) is -1.01. The molecule has 2 rings (SSSR count). The first-order valence-corrected chi connectivity index (χ1v) is 8.12. The highest BCUT2D eigenvalue weighted by molar-refractivity contribution is 8.00. The molecule has 0 heterocycles. The molecule has 0 aromatic heterocycles. The van der Waals surface area contributed by atoms with Crippen LogP contribution >= 0.6 is 11.8 Å². The molecule has 0 radical (unpaired) electrons. The summed E-state index contributed by atoms with van der Waals surface area (Å²) in [5.41, 5.74) is 1.52. The molecule has 0 saturated heterocycles. The topological polar surface area (TPSA) is 78.4 Å². The first-order valence-electron chi connectivity index (χ1n) is 6.90. The van der Waals surface area contributed by atoms with Crippen molar-refractivity contribution in [3.8, 4) is 0 Å². The lowest BCUT2D eigenvalue weighted by Crippen LogP contribution is -2.46. The minimum absolute atomic E-state index is 0.162. The number of nitrogens with one attached hydrogen (secondary N) is 2. The molecule has 1 saturated carbocycles. The molecule has 0 spiro atoms. The summed E-state index contributed by atoms with van der Waals surface area (Å²) in [5, 5.41) is 14.6. The number of hydrogen-bond donors (Lipinski definition) is 3. The fourth-order valence-electron chi connectivity index (χ4n) is 2.32. The van der Waals surface area contributed by atoms with Gasteiger partial charge in [0.05, 0.1) is 5.56 Å². The predicted molar refractivity (Wildman–Crippen MR) is 85.3 cm³/mol. The van der Waals surface area contributed by atoms with E-state index >= 15 is 0 Å². The van der Waals surface area contributed by atoms with Crippen LogP contribution in [0.4, 0.5) is 10.5 Å². The monoisotopic (exact) mass is 308 g/mol. The Bertz CT molecular complexity index is 550. The molecule has 1 aromatic rings. The van der Waals surface area contributed by atoms with Crippen molar-refractivity contribution in [1.29, 1.82) is 0 Å². The molecule has 1 aliphatic carbocycles. The van der Waals surface area contributed by atoms with Gasteiger partial charge in [-0.3, -0.25) is 0 Å². The molecule has 21 heavy (non-hydrogen) atoms. The number of carboxylic acid groups (broad SMARTS) is 1. The number of rotatable bonds is 5. The van der Waals surface area contributed by atoms with Crippen molar-refractivity contribution in [3.63, 3.8) is 0 Å². The molecule has 1 aliphatic rings. The van der Waals surface area contributed by atoms with Gasteiger partial charge in [0.25, 0.3) is 0 Å². The van der Waals surface area contributed by atoms with E-state index in [0.717, 1.165) is 18.4 Å². The van der Waals surface area contributed by atoms with Crippen molar-refractivity contribution >= 4 is 29.4 Å². The van der Waals surface area contributed by atoms with E-state index in [1.165, 1.54) is 18.6 Å². The number of carboxylic acids is 1. The zero-order valence-corrected chi connectivity index (χ0v) is 13.0. The molecule has 5 nitrogen and oxygen atoms in total. The van der Waals surface area contributed by atoms with Crippen LogP contribution in [0.25, 0.3) is 0 Å². The number of aryl methyl sites for hydroxylation is 1. The van der Waals surface area contributed by atoms with Crippen LogP contribution in [-0.4, -0.2) is 34.7 Å². The summed E-state index contributed by atoms with van der Waals surface area (Å²) in [6.07, 6.45) is 5.53. The predicted octanol–water partition coefficient (Wildman–Crippen LogP) is 3.10. The maximum absolute atomic E-state index is 12.0. The third-order valence-electron chi connectivity index (χ3n) is 4.00. The standard InChI is InChI=1S/C15H20N2O3S/c1-10-4-5-11(13(18)19)8-12(10)17-14(20)16-9-15(21-2)6-3-7-15/h4-5,8H,3,6-7,9H2,1-2H3,(H,18,19)(H2,16,17,20). The molecule has 0 bridgehead atoms. The lowest BCUT2D eigenvalue weighted by molar-refractivity contribution is 0.0697. The summed E-state index contributed by atoms with van der Waals surface area (Å²) >= 11 is 1.80. The minimum atomic E-state index is -1.01. The normalized spacial score (nSPS) is 15.9. The van der Waals surface area contributed by atoms with E-state index in [0.29, 0.717) is 12.2 Å². The highest BCUT2D eigenvalue weighted by Gasteiger charge is 2.36. The summed E-state index contributed by atoms with van der Waals surface area (Å²) in [4.78, 5) is 22.9. The van der Waals surface area contributed by atoms with Gasteiger partial charge in [0.15, 0.2) is 0 Å². The third-order valence-corrected chi connectivity index (χ3v) is 5.42. The van der Waals surface area contributed by atoms with E-state index in [9.17, 15) is 9.59 Å². The van der Waals surface area contributed by atoms with Gasteiger partial charge < -0.3 is 15.7 Å². The van der Waals surface area contributed by atoms with E-state index in [1.807, 2.05) is 6.92 Å². The van der Waals surface area contributed by atoms with Crippen LogP contribution in [0.3, 0.4) is 0 Å². The summed E-state index contributed by atoms with van der Waals surface area (Å²) < 4.78 is 0.176. The first-order chi connectivity index (χ1) is 9.96. The van der Waals surface area contributed by atoms with E-state index in [1.54, 1.807) is 17.8 Å². The van der Waals surface area contributed by atoms with Crippen molar-refractivity contribution < 1.29 is 14.7 Å². The Morgan fingerprint density at radius 1 is 1.38 bits per heavy atom. The van der Waals surface area contributed by atoms with Crippen molar-refractivity contribution in [1.82, 2.24) is 5.32 Å². The van der Waals surface area contributed by atoms with Crippen molar-refractivity contribution in [3.05, 3.63) is 29.3 Å². The highest BCUT2D eigenvalue weighted by atomic mass is 32.2. The number of urea groups is 1. The SMILES string of the molecule is CSC1(CNC(=O)Nc2cc(C(=O)O)ccc2C)CCC1. The lowest BCUT2D eigenvalue weighted by Gasteiger charge is -2.40. The van der Waals surface area contributed by atoms with Gasteiger partial charge in [-0.05, 0) is 43.7 Å². The Kier molecular flexibility index (Phi) is 4.77. The molecule has 0 aliphatic heterocycles. The smallest absolute Gasteiger partial charge is 0.335 e. The zero-order valence-electron chi connectivity index (χ0n) is 12.2. The van der Waals surface area contributed by atoms with Crippen LogP contribution in [-0.2, 0) is 0 Å². The van der Waals surface area contributed by atoms with Gasteiger partial charge >= 0.3 is 12.0 Å². The third kappa shape index (κ3) is 3.69. The van der Waals surface area contributed by atoms with E-state index in [2.05, 4.69) is 16.9 Å². The molecule has 2 amide bonds. The molecular formula is C15H20N2O3S. The zero-order chi connectivity index (χ0) is 15.5. The number of amides is 2. The number of thioether (sulfide) groups is 1. The van der Waals surface area contributed by atoms with Crippen LogP contribution in [0.5, 0.6) is 0 Å². The number of carbonyl (C=O) groups excluding carboxylic acids is 1. The molecule has 114 valence electrons. The van der Waals surface area contributed by atoms with E-state index < -0.39 is 5.97 Å². The second-order valence-electron chi connectivity index (χ2n) is 5.38. The van der Waals surface area contributed by atoms with Gasteiger partial charge in [-0.1, -0.05) is 12.5 Å². The van der Waals surface area contributed by atoms with Crippen LogP contribution in [0.2, 0.25) is 0 Å². The van der Waals surface area contributed by atoms with Crippen molar-refractivity contribution in [2.24, 2.45) is 0 Å². The number of carbonyl (C=O) groups is 2. The van der Waals surface area contributed by atoms with E-state index in [4.69, 9.17) is 5.11 Å². The maximum Gasteiger partial charge on any atom is 0.335 e.